The summed E-state index contributed by atoms with van der Waals surface area (Å²) < 4.78 is 27.1. The Morgan fingerprint density at radius 1 is 1.05 bits per heavy atom. The molecule has 3 aliphatic rings. The average Bonchev–Trinajstić information content (AvgIpc) is 3.57. The lowest BCUT2D eigenvalue weighted by Crippen LogP contribution is -2.44. The van der Waals surface area contributed by atoms with Gasteiger partial charge >= 0.3 is 5.97 Å². The van der Waals surface area contributed by atoms with Crippen LogP contribution in [0.2, 0.25) is 10.0 Å². The molecule has 2 aromatic rings. The lowest BCUT2D eigenvalue weighted by Gasteiger charge is -2.33. The van der Waals surface area contributed by atoms with Crippen LogP contribution in [0.4, 0.5) is 4.39 Å². The molecule has 2 atom stereocenters. The Balaban J connectivity index is 1.31. The number of halogens is 3. The maximum atomic E-state index is 15.6. The molecule has 2 aliphatic heterocycles. The van der Waals surface area contributed by atoms with Crippen molar-refractivity contribution >= 4 is 35.1 Å². The molecule has 1 aliphatic carbocycles. The first-order valence-corrected chi connectivity index (χ1v) is 14.9. The molecule has 0 bridgehead atoms. The second-order valence-corrected chi connectivity index (χ2v) is 13.1. The summed E-state index contributed by atoms with van der Waals surface area (Å²) in [7, 11) is 0. The highest BCUT2D eigenvalue weighted by Gasteiger charge is 2.39. The van der Waals surface area contributed by atoms with E-state index in [2.05, 4.69) is 4.90 Å². The number of ether oxygens (including phenoxy) is 2. The molecule has 2 heterocycles. The molecular weight excluding hydrogens is 554 g/mol. The van der Waals surface area contributed by atoms with Crippen LogP contribution in [-0.2, 0) is 27.2 Å². The average molecular weight is 592 g/mol. The van der Waals surface area contributed by atoms with Gasteiger partial charge in [0.1, 0.15) is 17.5 Å². The highest BCUT2D eigenvalue weighted by Crippen LogP contribution is 2.43. The Hall–Kier alpha value is -2.19. The van der Waals surface area contributed by atoms with E-state index in [1.54, 1.807) is 32.9 Å². The number of rotatable bonds is 7. The van der Waals surface area contributed by atoms with Crippen LogP contribution < -0.4 is 0 Å². The largest absolute Gasteiger partial charge is 0.458 e. The molecule has 0 radical (unpaired) electrons. The number of nitrogens with zero attached hydrogens (tertiary/aromatic N) is 2. The fraction of sp³-hybridized carbons (Fsp3) is 0.548. The van der Waals surface area contributed by atoms with E-state index in [9.17, 15) is 9.59 Å². The van der Waals surface area contributed by atoms with Crippen molar-refractivity contribution in [2.75, 3.05) is 26.2 Å². The van der Waals surface area contributed by atoms with Crippen molar-refractivity contribution in [3.63, 3.8) is 0 Å². The molecule has 1 amide bonds. The van der Waals surface area contributed by atoms with Gasteiger partial charge in [-0.15, -0.1) is 0 Å². The third kappa shape index (κ3) is 7.17. The molecule has 0 N–H and O–H groups in total. The van der Waals surface area contributed by atoms with Crippen molar-refractivity contribution < 1.29 is 23.5 Å². The van der Waals surface area contributed by atoms with Gasteiger partial charge in [0.05, 0.1) is 18.3 Å². The highest BCUT2D eigenvalue weighted by atomic mass is 35.5. The molecule has 9 heteroatoms. The maximum Gasteiger partial charge on any atom is 0.329 e. The summed E-state index contributed by atoms with van der Waals surface area (Å²) in [5.41, 5.74) is 2.35. The summed E-state index contributed by atoms with van der Waals surface area (Å²) in [6.45, 7) is 8.42. The number of likely N-dealkylation sites (tertiary alicyclic amines) is 1. The van der Waals surface area contributed by atoms with Gasteiger partial charge in [-0.1, -0.05) is 23.2 Å². The topological polar surface area (TPSA) is 59.1 Å². The molecule has 0 unspecified atom stereocenters. The summed E-state index contributed by atoms with van der Waals surface area (Å²) in [5, 5.41) is 1.20. The van der Waals surface area contributed by atoms with Gasteiger partial charge in [0.15, 0.2) is 0 Å². The number of amides is 1. The number of carbonyl (C=O) groups excluding carboxylic acids is 2. The van der Waals surface area contributed by atoms with Crippen LogP contribution in [0.5, 0.6) is 0 Å². The van der Waals surface area contributed by atoms with Crippen molar-refractivity contribution in [1.82, 2.24) is 9.80 Å². The van der Waals surface area contributed by atoms with Gasteiger partial charge in [-0.2, -0.15) is 0 Å². The number of esters is 1. The van der Waals surface area contributed by atoms with Crippen molar-refractivity contribution in [2.24, 2.45) is 0 Å². The molecule has 5 rings (SSSR count). The van der Waals surface area contributed by atoms with Crippen molar-refractivity contribution in [2.45, 2.75) is 83.1 Å². The SMILES string of the molecule is CC(C)(C)OC(=O)[C@@H]1CCCN1C(=O)c1cc(C2CC2)c(CN2CCO[C@H](Cc3cc(Cl)cc(Cl)c3)C2)cc1F. The Kier molecular flexibility index (Phi) is 8.77. The van der Waals surface area contributed by atoms with Gasteiger partial charge in [0, 0.05) is 36.2 Å². The lowest BCUT2D eigenvalue weighted by molar-refractivity contribution is -0.159. The van der Waals surface area contributed by atoms with Crippen LogP contribution in [0.1, 0.15) is 79.4 Å². The fourth-order valence-corrected chi connectivity index (χ4v) is 6.34. The van der Waals surface area contributed by atoms with Crippen molar-refractivity contribution in [1.29, 1.82) is 0 Å². The highest BCUT2D eigenvalue weighted by molar-refractivity contribution is 6.34. The van der Waals surface area contributed by atoms with E-state index in [1.165, 1.54) is 11.0 Å². The minimum atomic E-state index is -0.685. The maximum absolute atomic E-state index is 15.6. The van der Waals surface area contributed by atoms with E-state index in [0.717, 1.165) is 36.1 Å². The van der Waals surface area contributed by atoms with Gasteiger partial charge < -0.3 is 14.4 Å². The van der Waals surface area contributed by atoms with Gasteiger partial charge in [0.2, 0.25) is 0 Å². The van der Waals surface area contributed by atoms with Crippen LogP contribution in [0.25, 0.3) is 0 Å². The summed E-state index contributed by atoms with van der Waals surface area (Å²) in [6.07, 6.45) is 3.91. The Morgan fingerprint density at radius 2 is 1.77 bits per heavy atom. The Morgan fingerprint density at radius 3 is 2.45 bits per heavy atom. The van der Waals surface area contributed by atoms with E-state index in [-0.39, 0.29) is 11.7 Å². The Labute approximate surface area is 245 Å². The summed E-state index contributed by atoms with van der Waals surface area (Å²) in [6, 6.07) is 8.10. The van der Waals surface area contributed by atoms with Crippen LogP contribution >= 0.6 is 23.2 Å². The predicted molar refractivity (Wildman–Crippen MR) is 153 cm³/mol. The van der Waals surface area contributed by atoms with Crippen LogP contribution in [0.3, 0.4) is 0 Å². The molecule has 0 spiro atoms. The number of benzene rings is 2. The standard InChI is InChI=1S/C31H37Cl2FN2O4/c1-31(2,3)40-30(38)28-5-4-8-36(28)29(37)26-16-25(20-6-7-20)21(14-27(26)34)17-35-9-10-39-24(18-35)13-19-11-22(32)15-23(33)12-19/h11-12,14-16,20,24,28H,4-10,13,17-18H2,1-3H3/t24-,28+/m1/s1. The zero-order chi connectivity index (χ0) is 28.6. The molecule has 6 nitrogen and oxygen atoms in total. The first-order chi connectivity index (χ1) is 19.0. The molecule has 0 aromatic heterocycles. The lowest BCUT2D eigenvalue weighted by atomic mass is 9.97. The molecule has 2 aromatic carbocycles. The smallest absolute Gasteiger partial charge is 0.329 e. The monoisotopic (exact) mass is 590 g/mol. The normalized spacial score (nSPS) is 22.0. The van der Waals surface area contributed by atoms with Crippen LogP contribution in [-0.4, -0.2) is 65.7 Å². The number of hydrogen-bond donors (Lipinski definition) is 0. The van der Waals surface area contributed by atoms with E-state index in [1.807, 2.05) is 12.1 Å². The van der Waals surface area contributed by atoms with Gasteiger partial charge in [-0.05, 0) is 106 Å². The van der Waals surface area contributed by atoms with E-state index in [4.69, 9.17) is 32.7 Å². The Bertz CT molecular complexity index is 1260. The van der Waals surface area contributed by atoms with E-state index >= 15 is 4.39 Å². The fourth-order valence-electron chi connectivity index (χ4n) is 5.77. The first kappa shape index (κ1) is 29.3. The number of hydrogen-bond acceptors (Lipinski definition) is 5. The molecule has 216 valence electrons. The van der Waals surface area contributed by atoms with Gasteiger partial charge in [-0.25, -0.2) is 9.18 Å². The summed E-state index contributed by atoms with van der Waals surface area (Å²) in [5.74, 6) is -1.09. The second kappa shape index (κ2) is 12.0. The minimum absolute atomic E-state index is 0.0293. The first-order valence-electron chi connectivity index (χ1n) is 14.1. The zero-order valence-electron chi connectivity index (χ0n) is 23.4. The molecule has 3 fully saturated rings. The summed E-state index contributed by atoms with van der Waals surface area (Å²) >= 11 is 12.4. The van der Waals surface area contributed by atoms with E-state index < -0.39 is 29.3 Å². The van der Waals surface area contributed by atoms with Crippen molar-refractivity contribution in [3.05, 3.63) is 68.4 Å². The minimum Gasteiger partial charge on any atom is -0.458 e. The third-order valence-electron chi connectivity index (χ3n) is 7.67. The molecule has 2 saturated heterocycles. The van der Waals surface area contributed by atoms with E-state index in [0.29, 0.717) is 61.5 Å². The zero-order valence-corrected chi connectivity index (χ0v) is 24.9. The second-order valence-electron chi connectivity index (χ2n) is 12.2. The number of morpholine rings is 1. The van der Waals surface area contributed by atoms with Crippen LogP contribution in [0, 0.1) is 5.82 Å². The quantitative estimate of drug-likeness (QED) is 0.349. The third-order valence-corrected chi connectivity index (χ3v) is 8.11. The number of carbonyl (C=O) groups is 2. The van der Waals surface area contributed by atoms with Gasteiger partial charge in [-0.3, -0.25) is 9.69 Å². The molecule has 1 saturated carbocycles. The molecular formula is C31H37Cl2FN2O4. The predicted octanol–water partition coefficient (Wildman–Crippen LogP) is 6.40. The summed E-state index contributed by atoms with van der Waals surface area (Å²) in [4.78, 5) is 30.1. The van der Waals surface area contributed by atoms with Crippen LogP contribution in [0.15, 0.2) is 30.3 Å². The van der Waals surface area contributed by atoms with Gasteiger partial charge in [0.25, 0.3) is 5.91 Å². The molecule has 40 heavy (non-hydrogen) atoms. The van der Waals surface area contributed by atoms with Crippen molar-refractivity contribution in [3.8, 4) is 0 Å².